The molecule has 7 nitrogen and oxygen atoms in total. The van der Waals surface area contributed by atoms with Crippen molar-refractivity contribution in [1.82, 2.24) is 19.5 Å². The summed E-state index contributed by atoms with van der Waals surface area (Å²) in [4.78, 5) is 12.3. The summed E-state index contributed by atoms with van der Waals surface area (Å²) in [6.07, 6.45) is 2.74. The van der Waals surface area contributed by atoms with E-state index < -0.39 is 0 Å². The third-order valence-corrected chi connectivity index (χ3v) is 3.94. The highest BCUT2D eigenvalue weighted by Crippen LogP contribution is 2.28. The Hall–Kier alpha value is -1.38. The van der Waals surface area contributed by atoms with Crippen LogP contribution in [0.5, 0.6) is 0 Å². The van der Waals surface area contributed by atoms with Crippen LogP contribution in [0.1, 0.15) is 6.23 Å². The Morgan fingerprint density at radius 1 is 1.44 bits per heavy atom. The van der Waals surface area contributed by atoms with Crippen LogP contribution in [0.15, 0.2) is 12.7 Å². The van der Waals surface area contributed by atoms with Crippen LogP contribution in [0.4, 0.5) is 5.82 Å². The molecular formula is C10H13N5O2S. The van der Waals surface area contributed by atoms with Crippen molar-refractivity contribution in [2.45, 2.75) is 12.3 Å². The monoisotopic (exact) mass is 267 g/mol. The van der Waals surface area contributed by atoms with Gasteiger partial charge in [-0.2, -0.15) is 11.8 Å². The molecule has 0 aliphatic carbocycles. The van der Waals surface area contributed by atoms with Crippen LogP contribution in [0.2, 0.25) is 0 Å². The van der Waals surface area contributed by atoms with Crippen LogP contribution in [0.25, 0.3) is 11.2 Å². The average molecular weight is 267 g/mol. The Kier molecular flexibility index (Phi) is 3.06. The number of hydrogen-bond acceptors (Lipinski definition) is 7. The highest BCUT2D eigenvalue weighted by Gasteiger charge is 2.25. The number of nitrogen functional groups attached to an aromatic ring is 1. The summed E-state index contributed by atoms with van der Waals surface area (Å²) in [5, 5.41) is 9.15. The van der Waals surface area contributed by atoms with Crippen molar-refractivity contribution in [3.8, 4) is 0 Å². The van der Waals surface area contributed by atoms with Crippen LogP contribution in [-0.2, 0) is 4.74 Å². The van der Waals surface area contributed by atoms with E-state index in [1.807, 2.05) is 4.57 Å². The van der Waals surface area contributed by atoms with Gasteiger partial charge in [0, 0.05) is 11.5 Å². The minimum absolute atomic E-state index is 0.0211. The fourth-order valence-electron chi connectivity index (χ4n) is 1.92. The Labute approximate surface area is 107 Å². The number of nitrogens with two attached hydrogens (primary N) is 1. The van der Waals surface area contributed by atoms with E-state index in [0.29, 0.717) is 17.0 Å². The molecule has 0 amide bonds. The zero-order chi connectivity index (χ0) is 12.5. The van der Waals surface area contributed by atoms with E-state index in [1.54, 1.807) is 18.1 Å². The molecule has 3 N–H and O–H groups in total. The van der Waals surface area contributed by atoms with Gasteiger partial charge in [0.1, 0.15) is 18.1 Å². The predicted molar refractivity (Wildman–Crippen MR) is 68.1 cm³/mol. The average Bonchev–Trinajstić information content (AvgIpc) is 2.84. The first-order valence-electron chi connectivity index (χ1n) is 5.56. The Morgan fingerprint density at radius 3 is 3.17 bits per heavy atom. The zero-order valence-electron chi connectivity index (χ0n) is 9.56. The van der Waals surface area contributed by atoms with Crippen molar-refractivity contribution in [1.29, 1.82) is 0 Å². The van der Waals surface area contributed by atoms with Gasteiger partial charge in [-0.05, 0) is 0 Å². The maximum absolute atomic E-state index is 9.15. The molecule has 2 unspecified atom stereocenters. The van der Waals surface area contributed by atoms with E-state index in [0.717, 1.165) is 11.5 Å². The maximum atomic E-state index is 9.15. The van der Waals surface area contributed by atoms with Gasteiger partial charge in [-0.1, -0.05) is 0 Å². The van der Waals surface area contributed by atoms with Crippen LogP contribution >= 0.6 is 11.8 Å². The first-order chi connectivity index (χ1) is 8.79. The number of anilines is 1. The molecule has 96 valence electrons. The second-order valence-corrected chi connectivity index (χ2v) is 5.09. The standard InChI is InChI=1S/C10H13N5O2S/c11-9-8-10(13-4-12-9)15(5-14-8)7-3-18-2-6(1-16)17-7/h4-7,16H,1-3H2,(H2,11,12,13). The van der Waals surface area contributed by atoms with Crippen molar-refractivity contribution in [2.75, 3.05) is 23.8 Å². The lowest BCUT2D eigenvalue weighted by Crippen LogP contribution is -2.31. The molecule has 2 aromatic heterocycles. The summed E-state index contributed by atoms with van der Waals surface area (Å²) >= 11 is 1.74. The highest BCUT2D eigenvalue weighted by molar-refractivity contribution is 7.99. The summed E-state index contributed by atoms with van der Waals surface area (Å²) in [5.74, 6) is 1.96. The first kappa shape index (κ1) is 11.7. The minimum atomic E-state index is -0.180. The van der Waals surface area contributed by atoms with Gasteiger partial charge in [0.05, 0.1) is 19.0 Å². The summed E-state index contributed by atoms with van der Waals surface area (Å²) in [5.41, 5.74) is 6.98. The summed E-state index contributed by atoms with van der Waals surface area (Å²) < 4.78 is 7.61. The molecule has 0 saturated carbocycles. The molecule has 1 aliphatic heterocycles. The second kappa shape index (κ2) is 4.71. The summed E-state index contributed by atoms with van der Waals surface area (Å²) in [6, 6.07) is 0. The van der Waals surface area contributed by atoms with Crippen molar-refractivity contribution in [3.05, 3.63) is 12.7 Å². The molecule has 3 rings (SSSR count). The normalized spacial score (nSPS) is 24.5. The van der Waals surface area contributed by atoms with Crippen LogP contribution in [-0.4, -0.2) is 48.8 Å². The molecule has 18 heavy (non-hydrogen) atoms. The minimum Gasteiger partial charge on any atom is -0.394 e. The van der Waals surface area contributed by atoms with Crippen molar-refractivity contribution in [3.63, 3.8) is 0 Å². The van der Waals surface area contributed by atoms with Gasteiger partial charge in [-0.15, -0.1) is 0 Å². The van der Waals surface area contributed by atoms with Crippen LogP contribution < -0.4 is 5.73 Å². The third kappa shape index (κ3) is 1.92. The number of fused-ring (bicyclic) bond motifs is 1. The van der Waals surface area contributed by atoms with Crippen LogP contribution in [0, 0.1) is 0 Å². The van der Waals surface area contributed by atoms with E-state index in [4.69, 9.17) is 15.6 Å². The van der Waals surface area contributed by atoms with Crippen molar-refractivity contribution < 1.29 is 9.84 Å². The number of imidazole rings is 1. The number of thioether (sulfide) groups is 1. The van der Waals surface area contributed by atoms with E-state index in [9.17, 15) is 0 Å². The van der Waals surface area contributed by atoms with E-state index in [2.05, 4.69) is 15.0 Å². The molecule has 0 radical (unpaired) electrons. The van der Waals surface area contributed by atoms with Crippen molar-refractivity contribution >= 4 is 28.7 Å². The van der Waals surface area contributed by atoms with Crippen molar-refractivity contribution in [2.24, 2.45) is 0 Å². The number of aromatic nitrogens is 4. The number of aliphatic hydroxyl groups excluding tert-OH is 1. The second-order valence-electron chi connectivity index (χ2n) is 4.02. The highest BCUT2D eigenvalue weighted by atomic mass is 32.2. The van der Waals surface area contributed by atoms with Gasteiger partial charge in [0.2, 0.25) is 0 Å². The lowest BCUT2D eigenvalue weighted by Gasteiger charge is -2.29. The third-order valence-electron chi connectivity index (χ3n) is 2.81. The topological polar surface area (TPSA) is 99.1 Å². The van der Waals surface area contributed by atoms with Gasteiger partial charge in [-0.3, -0.25) is 4.57 Å². The molecule has 3 heterocycles. The predicted octanol–water partition coefficient (Wildman–Crippen LogP) is 0.0314. The molecular weight excluding hydrogens is 254 g/mol. The molecule has 2 aromatic rings. The summed E-state index contributed by atoms with van der Waals surface area (Å²) in [6.45, 7) is 0.0211. The molecule has 8 heteroatoms. The fourth-order valence-corrected chi connectivity index (χ4v) is 2.95. The largest absolute Gasteiger partial charge is 0.394 e. The van der Waals surface area contributed by atoms with Gasteiger partial charge >= 0.3 is 0 Å². The van der Waals surface area contributed by atoms with Crippen LogP contribution in [0.3, 0.4) is 0 Å². The molecule has 1 fully saturated rings. The maximum Gasteiger partial charge on any atom is 0.167 e. The van der Waals surface area contributed by atoms with Gasteiger partial charge < -0.3 is 15.6 Å². The molecule has 0 bridgehead atoms. The van der Waals surface area contributed by atoms with Gasteiger partial charge in [0.25, 0.3) is 0 Å². The van der Waals surface area contributed by atoms with Gasteiger partial charge in [-0.25, -0.2) is 15.0 Å². The number of aliphatic hydroxyl groups is 1. The number of rotatable bonds is 2. The fraction of sp³-hybridized carbons (Fsp3) is 0.500. The lowest BCUT2D eigenvalue weighted by atomic mass is 10.4. The molecule has 0 spiro atoms. The SMILES string of the molecule is Nc1ncnc2c1ncn2C1CSCC(CO)O1. The van der Waals surface area contributed by atoms with E-state index in [1.165, 1.54) is 6.33 Å². The summed E-state index contributed by atoms with van der Waals surface area (Å²) in [7, 11) is 0. The van der Waals surface area contributed by atoms with Gasteiger partial charge in [0.15, 0.2) is 11.5 Å². The molecule has 1 saturated heterocycles. The first-order valence-corrected chi connectivity index (χ1v) is 6.72. The van der Waals surface area contributed by atoms with E-state index >= 15 is 0 Å². The zero-order valence-corrected chi connectivity index (χ0v) is 10.4. The van der Waals surface area contributed by atoms with E-state index in [-0.39, 0.29) is 18.9 Å². The number of nitrogens with zero attached hydrogens (tertiary/aromatic N) is 4. The Bertz CT molecular complexity index is 560. The lowest BCUT2D eigenvalue weighted by molar-refractivity contribution is -0.0548. The Morgan fingerprint density at radius 2 is 2.33 bits per heavy atom. The quantitative estimate of drug-likeness (QED) is 0.792. The smallest absolute Gasteiger partial charge is 0.167 e. The molecule has 0 aromatic carbocycles. The number of ether oxygens (including phenoxy) is 1. The number of hydrogen-bond donors (Lipinski definition) is 2. The Balaban J connectivity index is 1.96. The molecule has 2 atom stereocenters. The molecule has 1 aliphatic rings.